The summed E-state index contributed by atoms with van der Waals surface area (Å²) in [4.78, 5) is 40.6. The fraction of sp³-hybridized carbons (Fsp3) is 0.310. The molecule has 12 nitrogen and oxygen atoms in total. The molecule has 21 heteroatoms. The summed E-state index contributed by atoms with van der Waals surface area (Å²) < 4.78 is 32.3. The lowest BCUT2D eigenvalue weighted by atomic mass is 9.84. The molecule has 3 N–H and O–H groups in total. The molecule has 0 unspecified atom stereocenters. The number of carbonyl (C=O) groups is 3. The van der Waals surface area contributed by atoms with E-state index in [1.165, 1.54) is 75.6 Å². The highest BCUT2D eigenvalue weighted by atomic mass is 35.5. The summed E-state index contributed by atoms with van der Waals surface area (Å²) in [5.41, 5.74) is 15.8. The van der Waals surface area contributed by atoms with Gasteiger partial charge in [-0.2, -0.15) is 15.3 Å². The molecule has 10 aromatic rings. The summed E-state index contributed by atoms with van der Waals surface area (Å²) in [6.45, 7) is 6.18. The highest BCUT2D eigenvalue weighted by molar-refractivity contribution is 6.37. The van der Waals surface area contributed by atoms with Crippen LogP contribution in [-0.2, 0) is 19.3 Å². The van der Waals surface area contributed by atoms with Crippen molar-refractivity contribution in [2.75, 3.05) is 0 Å². The molecule has 3 amide bonds. The van der Waals surface area contributed by atoms with Gasteiger partial charge in [0.2, 0.25) is 0 Å². The third-order valence-corrected chi connectivity index (χ3v) is 23.1. The van der Waals surface area contributed by atoms with Crippen LogP contribution >= 0.6 is 81.2 Å². The third kappa shape index (κ3) is 18.4. The minimum Gasteiger partial charge on any atom is -0.348 e. The Morgan fingerprint density at radius 1 is 0.389 bits per heavy atom. The zero-order valence-corrected chi connectivity index (χ0v) is 65.7. The van der Waals surface area contributed by atoms with E-state index >= 15 is 0 Å². The van der Waals surface area contributed by atoms with Crippen LogP contribution < -0.4 is 16.0 Å². The zero-order chi connectivity index (χ0) is 75.7. The maximum absolute atomic E-state index is 13.6. The van der Waals surface area contributed by atoms with E-state index in [1.807, 2.05) is 90.5 Å². The maximum atomic E-state index is 13.6. The molecule has 15 rings (SSSR count). The average Bonchev–Trinajstić information content (AvgIpc) is 1.60. The predicted molar refractivity (Wildman–Crippen MR) is 437 cm³/mol. The van der Waals surface area contributed by atoms with Crippen LogP contribution in [0.5, 0.6) is 0 Å². The number of fused-ring (bicyclic) bond motifs is 3. The number of carbonyl (C=O) groups excluding carboxylic acids is 3. The van der Waals surface area contributed by atoms with Crippen LogP contribution in [0.25, 0.3) is 52.0 Å². The van der Waals surface area contributed by atoms with E-state index in [1.54, 1.807) is 76.1 Å². The number of amides is 3. The summed E-state index contributed by atoms with van der Waals surface area (Å²) >= 11 is 44.4. The van der Waals surface area contributed by atoms with Crippen molar-refractivity contribution in [3.05, 3.63) is 278 Å². The van der Waals surface area contributed by atoms with Crippen molar-refractivity contribution < 1.29 is 23.2 Å². The van der Waals surface area contributed by atoms with Crippen LogP contribution in [0, 0.1) is 23.5 Å². The van der Waals surface area contributed by atoms with Crippen molar-refractivity contribution in [1.29, 1.82) is 0 Å². The molecule has 3 atom stereocenters. The summed E-state index contributed by atoms with van der Waals surface area (Å²) in [7, 11) is 0. The molecule has 3 aromatic heterocycles. The number of nitrogens with zero attached hydrogens (tertiary/aromatic N) is 6. The molecule has 0 radical (unpaired) electrons. The van der Waals surface area contributed by atoms with Gasteiger partial charge in [0.1, 0.15) is 11.6 Å². The standard InChI is InChI=1S/C29H30Cl3N3O.C29H30Cl2FN3O.C29H24Cl2FN3O/c1-18(20-6-3-2-4-7-20)33-29(36)27-24-9-5-8-21(16-19-10-12-22(30)13-11-19)28(24)35(34-27)26-15-14-23(31)17-25(26)32;2*1-18(20-6-3-2-4-7-20)33-29(36)27-24-9-5-8-21(16-19-10-13-23(32)14-11-19)28(24)35(34-27)26-15-12-22(30)17-25(26)31/h2*10-18,20H,2-9H2,1H3,(H,33,36);2-4,6-7,10-18H,5,8-9H2,1H3,(H,33,36)/b3*21-16+/t3*18-/m111/s1. The van der Waals surface area contributed by atoms with Crippen LogP contribution in [0.15, 0.2) is 158 Å². The van der Waals surface area contributed by atoms with Crippen LogP contribution in [0.3, 0.4) is 0 Å². The Morgan fingerprint density at radius 3 is 1.04 bits per heavy atom. The van der Waals surface area contributed by atoms with Crippen molar-refractivity contribution in [3.63, 3.8) is 0 Å². The number of halogens is 9. The fourth-order valence-corrected chi connectivity index (χ4v) is 17.2. The number of aromatic nitrogens is 6. The lowest BCUT2D eigenvalue weighted by Crippen LogP contribution is -2.39. The minimum absolute atomic E-state index is 0.0931. The van der Waals surface area contributed by atoms with Gasteiger partial charge in [-0.3, -0.25) is 14.4 Å². The minimum atomic E-state index is -0.286. The summed E-state index contributed by atoms with van der Waals surface area (Å²) in [6.07, 6.45) is 25.8. The first kappa shape index (κ1) is 77.8. The number of nitrogens with one attached hydrogen (secondary N) is 3. The molecule has 108 heavy (non-hydrogen) atoms. The van der Waals surface area contributed by atoms with Crippen molar-refractivity contribution in [2.45, 2.75) is 161 Å². The summed E-state index contributed by atoms with van der Waals surface area (Å²) in [5.74, 6) is -0.0324. The van der Waals surface area contributed by atoms with Crippen LogP contribution in [0.1, 0.15) is 217 Å². The van der Waals surface area contributed by atoms with Gasteiger partial charge >= 0.3 is 0 Å². The molecule has 558 valence electrons. The molecule has 5 aliphatic carbocycles. The second-order valence-electron chi connectivity index (χ2n) is 28.7. The van der Waals surface area contributed by atoms with Gasteiger partial charge in [-0.25, -0.2) is 22.8 Å². The molecule has 5 aliphatic rings. The molecule has 2 fully saturated rings. The van der Waals surface area contributed by atoms with E-state index in [0.29, 0.717) is 87.6 Å². The highest BCUT2D eigenvalue weighted by Crippen LogP contribution is 2.43. The molecular weight excluding hydrogens is 1510 g/mol. The lowest BCUT2D eigenvalue weighted by Gasteiger charge is -2.28. The number of rotatable bonds is 15. The number of allylic oxidation sites excluding steroid dienone is 3. The van der Waals surface area contributed by atoms with Gasteiger partial charge < -0.3 is 16.0 Å². The first-order valence-corrected chi connectivity index (χ1v) is 40.0. The van der Waals surface area contributed by atoms with Crippen molar-refractivity contribution in [2.24, 2.45) is 11.8 Å². The van der Waals surface area contributed by atoms with Crippen molar-refractivity contribution in [3.8, 4) is 17.1 Å². The Kier molecular flexibility index (Phi) is 25.6. The Balaban J connectivity index is 0.000000143. The monoisotopic (exact) mass is 1590 g/mol. The molecule has 0 spiro atoms. The first-order valence-electron chi connectivity index (χ1n) is 37.3. The molecule has 2 saturated carbocycles. The Morgan fingerprint density at radius 2 is 0.704 bits per heavy atom. The first-order chi connectivity index (χ1) is 52.2. The third-order valence-electron chi connectivity index (χ3n) is 21.3. The van der Waals surface area contributed by atoms with E-state index in [-0.39, 0.29) is 47.5 Å². The maximum Gasteiger partial charge on any atom is 0.272 e. The van der Waals surface area contributed by atoms with E-state index in [4.69, 9.17) is 96.5 Å². The van der Waals surface area contributed by atoms with Crippen molar-refractivity contribution in [1.82, 2.24) is 45.3 Å². The Bertz CT molecular complexity index is 4820. The summed E-state index contributed by atoms with van der Waals surface area (Å²) in [6, 6.07) is 46.2. The molecule has 0 aliphatic heterocycles. The second kappa shape index (κ2) is 35.6. The predicted octanol–water partition coefficient (Wildman–Crippen LogP) is 24.0. The normalized spacial score (nSPS) is 17.1. The molecule has 0 bridgehead atoms. The van der Waals surface area contributed by atoms with E-state index < -0.39 is 0 Å². The number of hydrogen-bond donors (Lipinski definition) is 3. The lowest BCUT2D eigenvalue weighted by molar-refractivity contribution is 0.0904. The van der Waals surface area contributed by atoms with Gasteiger partial charge in [0.15, 0.2) is 17.1 Å². The smallest absolute Gasteiger partial charge is 0.272 e. The molecule has 7 aromatic carbocycles. The number of benzene rings is 7. The van der Waals surface area contributed by atoms with Gasteiger partial charge in [0.25, 0.3) is 17.7 Å². The largest absolute Gasteiger partial charge is 0.348 e. The Labute approximate surface area is 664 Å². The van der Waals surface area contributed by atoms with Gasteiger partial charge in [-0.1, -0.05) is 186 Å². The van der Waals surface area contributed by atoms with Crippen LogP contribution in [-0.4, -0.2) is 59.1 Å². The van der Waals surface area contributed by atoms with Gasteiger partial charge in [-0.15, -0.1) is 0 Å². The SMILES string of the molecule is C[C@@H](NC(=O)c1nn(-c2ccc(Cl)cc2Cl)c2c1CCC/C2=C\c1ccc(Cl)cc1)C1CCCCC1.C[C@@H](NC(=O)c1nn(-c2ccc(Cl)cc2Cl)c2c1CCC/C2=C\c1ccc(F)cc1)C1CCCCC1.C[C@@H](NC(=O)c1nn(-c2ccc(Cl)cc2Cl)c2c1CCC/C2=C\c1ccc(F)cc1)c1ccccc1. The van der Waals surface area contributed by atoms with Crippen LogP contribution in [0.2, 0.25) is 35.2 Å². The quantitative estimate of drug-likeness (QED) is 0.0934. The van der Waals surface area contributed by atoms with Crippen LogP contribution in [0.4, 0.5) is 8.78 Å². The molecule has 3 heterocycles. The van der Waals surface area contributed by atoms with Gasteiger partial charge in [0, 0.05) is 48.9 Å². The summed E-state index contributed by atoms with van der Waals surface area (Å²) in [5, 5.41) is 27.8. The molecule has 0 saturated heterocycles. The van der Waals surface area contributed by atoms with E-state index in [0.717, 1.165) is 137 Å². The Hall–Kier alpha value is -8.31. The van der Waals surface area contributed by atoms with Gasteiger partial charge in [-0.05, 0) is 264 Å². The fourth-order valence-electron chi connectivity index (χ4n) is 15.6. The topological polar surface area (TPSA) is 141 Å². The van der Waals surface area contributed by atoms with Crippen molar-refractivity contribution >= 4 is 134 Å². The zero-order valence-electron chi connectivity index (χ0n) is 60.4. The number of hydrogen-bond acceptors (Lipinski definition) is 6. The second-order valence-corrected chi connectivity index (χ2v) is 31.7. The average molecular weight is 1590 g/mol. The van der Waals surface area contributed by atoms with E-state index in [2.05, 4.69) is 35.9 Å². The van der Waals surface area contributed by atoms with Gasteiger partial charge in [0.05, 0.1) is 55.3 Å². The molecular formula is C87H84Cl7F2N9O3. The van der Waals surface area contributed by atoms with E-state index in [9.17, 15) is 23.2 Å². The highest BCUT2D eigenvalue weighted by Gasteiger charge is 2.35.